The molecule has 1 aromatic rings. The third-order valence-corrected chi connectivity index (χ3v) is 4.66. The number of barbiturate groups is 1. The molecule has 8 nitrogen and oxygen atoms in total. The highest BCUT2D eigenvalue weighted by molar-refractivity contribution is 6.27. The Labute approximate surface area is 154 Å². The van der Waals surface area contributed by atoms with Crippen LogP contribution in [-0.4, -0.2) is 58.5 Å². The van der Waals surface area contributed by atoms with Crippen LogP contribution in [0.15, 0.2) is 42.1 Å². The smallest absolute Gasteiger partial charge is 0.298 e. The van der Waals surface area contributed by atoms with Gasteiger partial charge in [0.2, 0.25) is 11.8 Å². The number of hydrogen-bond donors (Lipinski definition) is 1. The van der Waals surface area contributed by atoms with Crippen molar-refractivity contribution >= 4 is 35.4 Å². The normalized spacial score (nSPS) is 21.2. The summed E-state index contributed by atoms with van der Waals surface area (Å²) in [4.78, 5) is 50.9. The number of carbonyl (C=O) groups excluding carboxylic acids is 4. The molecule has 9 heteroatoms. The lowest BCUT2D eigenvalue weighted by atomic mass is 9.98. The average molecular weight is 377 g/mol. The molecule has 1 aromatic carbocycles. The van der Waals surface area contributed by atoms with E-state index in [2.05, 4.69) is 5.43 Å². The molecule has 2 aliphatic heterocycles. The van der Waals surface area contributed by atoms with Crippen molar-refractivity contribution in [2.75, 3.05) is 20.0 Å². The standard InChI is InChI=1S/C17H17ClN4O4/c1-20-15(24)14(16(25)21(2)17(20)26)11-8-12(10-6-4-3-5-7-10)22(19-11)13(23)9-18/h3-8,12,14,19H,9H2,1-2H3/t12-/m1/s1. The van der Waals surface area contributed by atoms with Gasteiger partial charge in [0.25, 0.3) is 5.91 Å². The number of urea groups is 1. The predicted octanol–water partition coefficient (Wildman–Crippen LogP) is 0.864. The summed E-state index contributed by atoms with van der Waals surface area (Å²) in [6.07, 6.45) is 1.64. The van der Waals surface area contributed by atoms with E-state index >= 15 is 0 Å². The topological polar surface area (TPSA) is 90.0 Å². The van der Waals surface area contributed by atoms with Crippen LogP contribution in [0.2, 0.25) is 0 Å². The van der Waals surface area contributed by atoms with Crippen LogP contribution in [-0.2, 0) is 14.4 Å². The fraction of sp³-hybridized carbons (Fsp3) is 0.294. The molecule has 1 fully saturated rings. The van der Waals surface area contributed by atoms with Crippen LogP contribution in [0.4, 0.5) is 4.79 Å². The Bertz CT molecular complexity index is 786. The second-order valence-electron chi connectivity index (χ2n) is 6.00. The van der Waals surface area contributed by atoms with Crippen molar-refractivity contribution in [1.29, 1.82) is 0 Å². The maximum Gasteiger partial charge on any atom is 0.332 e. The Morgan fingerprint density at radius 2 is 1.65 bits per heavy atom. The van der Waals surface area contributed by atoms with Crippen LogP contribution >= 0.6 is 11.6 Å². The number of hydrogen-bond acceptors (Lipinski definition) is 5. The molecule has 136 valence electrons. The van der Waals surface area contributed by atoms with Crippen molar-refractivity contribution in [3.8, 4) is 0 Å². The van der Waals surface area contributed by atoms with Gasteiger partial charge in [-0.1, -0.05) is 30.3 Å². The van der Waals surface area contributed by atoms with Gasteiger partial charge in [0.15, 0.2) is 5.92 Å². The highest BCUT2D eigenvalue weighted by atomic mass is 35.5. The molecule has 26 heavy (non-hydrogen) atoms. The van der Waals surface area contributed by atoms with Crippen LogP contribution < -0.4 is 5.43 Å². The van der Waals surface area contributed by atoms with E-state index in [-0.39, 0.29) is 11.6 Å². The number of halogens is 1. The molecule has 0 spiro atoms. The lowest BCUT2D eigenvalue weighted by Crippen LogP contribution is -2.58. The molecule has 0 radical (unpaired) electrons. The molecule has 1 atom stereocenters. The Morgan fingerprint density at radius 1 is 1.08 bits per heavy atom. The summed E-state index contributed by atoms with van der Waals surface area (Å²) in [6.45, 7) is 0. The lowest BCUT2D eigenvalue weighted by Gasteiger charge is -2.33. The van der Waals surface area contributed by atoms with Crippen molar-refractivity contribution in [2.24, 2.45) is 5.92 Å². The van der Waals surface area contributed by atoms with Gasteiger partial charge in [-0.05, 0) is 11.6 Å². The second kappa shape index (κ2) is 6.80. The summed E-state index contributed by atoms with van der Waals surface area (Å²) in [5, 5.41) is 1.29. The number of nitrogens with one attached hydrogen (secondary N) is 1. The first-order valence-corrected chi connectivity index (χ1v) is 8.40. The van der Waals surface area contributed by atoms with Gasteiger partial charge in [-0.15, -0.1) is 11.6 Å². The van der Waals surface area contributed by atoms with Crippen molar-refractivity contribution in [3.63, 3.8) is 0 Å². The van der Waals surface area contributed by atoms with E-state index in [1.165, 1.54) is 19.1 Å². The van der Waals surface area contributed by atoms with Crippen molar-refractivity contribution in [3.05, 3.63) is 47.7 Å². The Morgan fingerprint density at radius 3 is 2.19 bits per heavy atom. The van der Waals surface area contributed by atoms with E-state index in [1.54, 1.807) is 6.08 Å². The number of imide groups is 2. The third-order valence-electron chi connectivity index (χ3n) is 4.43. The minimum atomic E-state index is -1.22. The van der Waals surface area contributed by atoms with E-state index in [4.69, 9.17) is 11.6 Å². The maximum atomic E-state index is 12.5. The van der Waals surface area contributed by atoms with Gasteiger partial charge in [-0.2, -0.15) is 0 Å². The molecule has 2 heterocycles. The largest absolute Gasteiger partial charge is 0.332 e. The Hall–Kier alpha value is -2.87. The highest BCUT2D eigenvalue weighted by Crippen LogP contribution is 2.32. The molecule has 3 rings (SSSR count). The molecule has 0 bridgehead atoms. The fourth-order valence-corrected chi connectivity index (χ4v) is 3.13. The number of benzene rings is 1. The van der Waals surface area contributed by atoms with Crippen LogP contribution in [0.5, 0.6) is 0 Å². The van der Waals surface area contributed by atoms with E-state index in [0.717, 1.165) is 15.4 Å². The molecule has 1 saturated heterocycles. The van der Waals surface area contributed by atoms with Crippen molar-refractivity contribution in [1.82, 2.24) is 20.2 Å². The molecule has 5 amide bonds. The summed E-state index contributed by atoms with van der Waals surface area (Å²) in [5.41, 5.74) is 3.87. The average Bonchev–Trinajstić information content (AvgIpc) is 3.10. The molecule has 0 aromatic heterocycles. The third kappa shape index (κ3) is 2.82. The molecule has 0 saturated carbocycles. The van der Waals surface area contributed by atoms with Crippen LogP contribution in [0.25, 0.3) is 0 Å². The number of nitrogens with zero attached hydrogens (tertiary/aromatic N) is 3. The number of carbonyl (C=O) groups is 4. The van der Waals surface area contributed by atoms with Gasteiger partial charge in [0, 0.05) is 14.1 Å². The summed E-state index contributed by atoms with van der Waals surface area (Å²) in [7, 11) is 2.62. The monoisotopic (exact) mass is 376 g/mol. The second-order valence-corrected chi connectivity index (χ2v) is 6.26. The molecular weight excluding hydrogens is 360 g/mol. The number of amides is 5. The molecule has 0 aliphatic carbocycles. The van der Waals surface area contributed by atoms with Crippen LogP contribution in [0, 0.1) is 5.92 Å². The molecule has 2 aliphatic rings. The van der Waals surface area contributed by atoms with Crippen molar-refractivity contribution in [2.45, 2.75) is 6.04 Å². The Kier molecular flexibility index (Phi) is 4.69. The van der Waals surface area contributed by atoms with E-state index in [1.807, 2.05) is 30.3 Å². The lowest BCUT2D eigenvalue weighted by molar-refractivity contribution is -0.146. The van der Waals surface area contributed by atoms with Gasteiger partial charge in [0.05, 0.1) is 11.7 Å². The minimum Gasteiger partial charge on any atom is -0.298 e. The van der Waals surface area contributed by atoms with E-state index in [9.17, 15) is 19.2 Å². The summed E-state index contributed by atoms with van der Waals surface area (Å²) in [5.74, 6) is -3.18. The van der Waals surface area contributed by atoms with Gasteiger partial charge >= 0.3 is 6.03 Å². The first kappa shape index (κ1) is 17.9. The molecular formula is C17H17ClN4O4. The van der Waals surface area contributed by atoms with Crippen molar-refractivity contribution < 1.29 is 19.2 Å². The highest BCUT2D eigenvalue weighted by Gasteiger charge is 2.47. The zero-order chi connectivity index (χ0) is 19.0. The predicted molar refractivity (Wildman–Crippen MR) is 92.4 cm³/mol. The quantitative estimate of drug-likeness (QED) is 0.624. The fourth-order valence-electron chi connectivity index (χ4n) is 3.00. The molecule has 0 unspecified atom stereocenters. The Balaban J connectivity index is 1.99. The SMILES string of the molecule is CN1C(=O)C(C2=C[C@H](c3ccccc3)N(C(=O)CCl)N2)C(=O)N(C)C1=O. The maximum absolute atomic E-state index is 12.5. The number of hydrazine groups is 1. The summed E-state index contributed by atoms with van der Waals surface area (Å²) >= 11 is 5.69. The van der Waals surface area contributed by atoms with Gasteiger partial charge in [0.1, 0.15) is 5.88 Å². The van der Waals surface area contributed by atoms with Crippen LogP contribution in [0.1, 0.15) is 11.6 Å². The summed E-state index contributed by atoms with van der Waals surface area (Å²) in [6, 6.07) is 7.92. The first-order valence-electron chi connectivity index (χ1n) is 7.87. The number of rotatable bonds is 3. The van der Waals surface area contributed by atoms with E-state index in [0.29, 0.717) is 0 Å². The zero-order valence-corrected chi connectivity index (χ0v) is 14.9. The minimum absolute atomic E-state index is 0.249. The van der Waals surface area contributed by atoms with E-state index < -0.39 is 35.7 Å². The van der Waals surface area contributed by atoms with Gasteiger partial charge < -0.3 is 0 Å². The number of alkyl halides is 1. The first-order chi connectivity index (χ1) is 12.4. The zero-order valence-electron chi connectivity index (χ0n) is 14.2. The van der Waals surface area contributed by atoms with Gasteiger partial charge in [-0.25, -0.2) is 9.80 Å². The van der Waals surface area contributed by atoms with Crippen LogP contribution in [0.3, 0.4) is 0 Å². The van der Waals surface area contributed by atoms with Gasteiger partial charge in [-0.3, -0.25) is 29.6 Å². The molecule has 1 N–H and O–H groups in total. The summed E-state index contributed by atoms with van der Waals surface area (Å²) < 4.78 is 0.